The molecule has 80 valence electrons. The summed E-state index contributed by atoms with van der Waals surface area (Å²) in [6.07, 6.45) is 0.368. The molecule has 4 heteroatoms. The number of anilines is 1. The molecule has 0 spiro atoms. The van der Waals surface area contributed by atoms with E-state index in [2.05, 4.69) is 0 Å². The van der Waals surface area contributed by atoms with E-state index in [0.29, 0.717) is 18.7 Å². The molecule has 0 radical (unpaired) electrons. The summed E-state index contributed by atoms with van der Waals surface area (Å²) >= 11 is 5.72. The minimum atomic E-state index is -0.298. The molecule has 0 saturated carbocycles. The van der Waals surface area contributed by atoms with Gasteiger partial charge < -0.3 is 4.90 Å². The molecule has 0 aliphatic heterocycles. The van der Waals surface area contributed by atoms with Crippen LogP contribution in [0.25, 0.3) is 0 Å². The van der Waals surface area contributed by atoms with Crippen molar-refractivity contribution in [3.8, 4) is 6.07 Å². The maximum absolute atomic E-state index is 13.5. The molecule has 2 nitrogen and oxygen atoms in total. The van der Waals surface area contributed by atoms with Crippen molar-refractivity contribution in [2.75, 3.05) is 18.5 Å². The summed E-state index contributed by atoms with van der Waals surface area (Å²) in [6.45, 7) is 0.501. The van der Waals surface area contributed by atoms with Gasteiger partial charge in [0.25, 0.3) is 0 Å². The van der Waals surface area contributed by atoms with Gasteiger partial charge in [-0.3, -0.25) is 0 Å². The Morgan fingerprint density at radius 3 is 2.87 bits per heavy atom. The first-order valence-electron chi connectivity index (χ1n) is 4.62. The summed E-state index contributed by atoms with van der Waals surface area (Å²) in [4.78, 5) is 1.72. The molecule has 0 aliphatic carbocycles. The number of benzene rings is 1. The van der Waals surface area contributed by atoms with Gasteiger partial charge in [-0.1, -0.05) is 12.1 Å². The third-order valence-electron chi connectivity index (χ3n) is 2.16. The second-order valence-electron chi connectivity index (χ2n) is 3.21. The maximum atomic E-state index is 13.5. The van der Waals surface area contributed by atoms with E-state index in [1.165, 1.54) is 6.07 Å². The third-order valence-corrected chi connectivity index (χ3v) is 2.44. The molecule has 1 aromatic rings. The molecule has 0 heterocycles. The zero-order valence-electron chi connectivity index (χ0n) is 8.50. The van der Waals surface area contributed by atoms with E-state index < -0.39 is 0 Å². The lowest BCUT2D eigenvalue weighted by Gasteiger charge is -2.21. The Kier molecular flexibility index (Phi) is 4.38. The highest BCUT2D eigenvalue weighted by Gasteiger charge is 2.11. The summed E-state index contributed by atoms with van der Waals surface area (Å²) in [5, 5.41) is 8.46. The van der Waals surface area contributed by atoms with Gasteiger partial charge in [-0.25, -0.2) is 4.39 Å². The number of nitrogens with zero attached hydrogens (tertiary/aromatic N) is 2. The van der Waals surface area contributed by atoms with Crippen LogP contribution in [0.2, 0.25) is 0 Å². The van der Waals surface area contributed by atoms with Crippen molar-refractivity contribution in [3.05, 3.63) is 29.6 Å². The van der Waals surface area contributed by atoms with Crippen molar-refractivity contribution >= 4 is 17.3 Å². The van der Waals surface area contributed by atoms with E-state index in [4.69, 9.17) is 16.9 Å². The monoisotopic (exact) mass is 226 g/mol. The number of hydrogen-bond acceptors (Lipinski definition) is 2. The van der Waals surface area contributed by atoms with Crippen molar-refractivity contribution in [3.63, 3.8) is 0 Å². The smallest absolute Gasteiger partial charge is 0.146 e. The zero-order valence-corrected chi connectivity index (χ0v) is 9.26. The second kappa shape index (κ2) is 5.57. The van der Waals surface area contributed by atoms with Crippen molar-refractivity contribution in [2.45, 2.75) is 12.3 Å². The largest absolute Gasteiger partial charge is 0.371 e. The van der Waals surface area contributed by atoms with E-state index in [1.807, 2.05) is 6.07 Å². The topological polar surface area (TPSA) is 27.0 Å². The average Bonchev–Trinajstić information content (AvgIpc) is 2.25. The number of alkyl halides is 1. The van der Waals surface area contributed by atoms with Gasteiger partial charge in [0, 0.05) is 19.5 Å². The van der Waals surface area contributed by atoms with Gasteiger partial charge in [-0.2, -0.15) is 5.26 Å². The number of para-hydroxylation sites is 1. The van der Waals surface area contributed by atoms with Gasteiger partial charge in [0.1, 0.15) is 5.82 Å². The molecule has 0 aromatic heterocycles. The van der Waals surface area contributed by atoms with Crippen LogP contribution < -0.4 is 4.90 Å². The highest BCUT2D eigenvalue weighted by Crippen LogP contribution is 2.24. The molecule has 0 N–H and O–H groups in total. The minimum absolute atomic E-state index is 0.268. The van der Waals surface area contributed by atoms with E-state index in [0.717, 1.165) is 5.56 Å². The van der Waals surface area contributed by atoms with Crippen LogP contribution in [0.1, 0.15) is 12.0 Å². The molecule has 0 bridgehead atoms. The Labute approximate surface area is 93.9 Å². The SMILES string of the molecule is CN(CCC#N)c1c(F)cccc1CCl. The minimum Gasteiger partial charge on any atom is -0.371 e. The van der Waals surface area contributed by atoms with E-state index in [-0.39, 0.29) is 11.7 Å². The summed E-state index contributed by atoms with van der Waals surface area (Å²) < 4.78 is 13.5. The van der Waals surface area contributed by atoms with Gasteiger partial charge >= 0.3 is 0 Å². The lowest BCUT2D eigenvalue weighted by molar-refractivity contribution is 0.621. The second-order valence-corrected chi connectivity index (χ2v) is 3.48. The molecular formula is C11H12ClFN2. The van der Waals surface area contributed by atoms with Crippen molar-refractivity contribution in [2.24, 2.45) is 0 Å². The average molecular weight is 227 g/mol. The maximum Gasteiger partial charge on any atom is 0.146 e. The zero-order chi connectivity index (χ0) is 11.3. The molecular weight excluding hydrogens is 215 g/mol. The predicted molar refractivity (Wildman–Crippen MR) is 59.5 cm³/mol. The Bertz CT molecular complexity index is 373. The van der Waals surface area contributed by atoms with Crippen molar-refractivity contribution < 1.29 is 4.39 Å². The van der Waals surface area contributed by atoms with Crippen LogP contribution in [0.5, 0.6) is 0 Å². The van der Waals surface area contributed by atoms with E-state index >= 15 is 0 Å². The number of rotatable bonds is 4. The first-order chi connectivity index (χ1) is 7.20. The van der Waals surface area contributed by atoms with E-state index in [9.17, 15) is 4.39 Å². The molecule has 0 atom stereocenters. The van der Waals surface area contributed by atoms with Gasteiger partial charge in [-0.15, -0.1) is 11.6 Å². The fraction of sp³-hybridized carbons (Fsp3) is 0.364. The Morgan fingerprint density at radius 2 is 2.27 bits per heavy atom. The number of halogens is 2. The normalized spacial score (nSPS) is 9.73. The molecule has 0 unspecified atom stereocenters. The quantitative estimate of drug-likeness (QED) is 0.739. The van der Waals surface area contributed by atoms with Crippen LogP contribution in [-0.4, -0.2) is 13.6 Å². The van der Waals surface area contributed by atoms with Crippen LogP contribution in [0.4, 0.5) is 10.1 Å². The lowest BCUT2D eigenvalue weighted by Crippen LogP contribution is -2.20. The summed E-state index contributed by atoms with van der Waals surface area (Å²) in [6, 6.07) is 6.84. The van der Waals surface area contributed by atoms with Gasteiger partial charge in [0.05, 0.1) is 18.2 Å². The fourth-order valence-electron chi connectivity index (χ4n) is 1.42. The van der Waals surface area contributed by atoms with Crippen molar-refractivity contribution in [1.29, 1.82) is 5.26 Å². The van der Waals surface area contributed by atoms with Crippen LogP contribution in [0.15, 0.2) is 18.2 Å². The lowest BCUT2D eigenvalue weighted by atomic mass is 10.1. The molecule has 1 rings (SSSR count). The van der Waals surface area contributed by atoms with Crippen LogP contribution in [-0.2, 0) is 5.88 Å². The van der Waals surface area contributed by atoms with Crippen molar-refractivity contribution in [1.82, 2.24) is 0 Å². The molecule has 0 aliphatic rings. The summed E-state index contributed by atoms with van der Waals surface area (Å²) in [5.41, 5.74) is 1.24. The first kappa shape index (κ1) is 11.8. The van der Waals surface area contributed by atoms with Gasteiger partial charge in [0.15, 0.2) is 0 Å². The molecule has 1 aromatic carbocycles. The summed E-state index contributed by atoms with van der Waals surface area (Å²) in [5.74, 6) is -0.0298. The number of nitriles is 1. The highest BCUT2D eigenvalue weighted by atomic mass is 35.5. The van der Waals surface area contributed by atoms with Gasteiger partial charge in [-0.05, 0) is 11.6 Å². The Hall–Kier alpha value is -1.27. The fourth-order valence-corrected chi connectivity index (χ4v) is 1.64. The predicted octanol–water partition coefficient (Wildman–Crippen LogP) is 2.91. The summed E-state index contributed by atoms with van der Waals surface area (Å²) in [7, 11) is 1.76. The molecule has 0 amide bonds. The molecule has 0 fully saturated rings. The number of hydrogen-bond donors (Lipinski definition) is 0. The third kappa shape index (κ3) is 2.84. The molecule has 15 heavy (non-hydrogen) atoms. The van der Waals surface area contributed by atoms with E-state index in [1.54, 1.807) is 24.1 Å². The highest BCUT2D eigenvalue weighted by molar-refractivity contribution is 6.17. The Morgan fingerprint density at radius 1 is 1.53 bits per heavy atom. The standard InChI is InChI=1S/C11H12ClFN2/c1-15(7-3-6-14)11-9(8-12)4-2-5-10(11)13/h2,4-5H,3,7-8H2,1H3. The van der Waals surface area contributed by atoms with Crippen LogP contribution in [0.3, 0.4) is 0 Å². The van der Waals surface area contributed by atoms with Gasteiger partial charge in [0.2, 0.25) is 0 Å². The van der Waals surface area contributed by atoms with Crippen LogP contribution in [0, 0.1) is 17.1 Å². The molecule has 0 saturated heterocycles. The Balaban J connectivity index is 2.96. The first-order valence-corrected chi connectivity index (χ1v) is 5.15. The van der Waals surface area contributed by atoms with Crippen LogP contribution >= 0.6 is 11.6 Å².